The maximum atomic E-state index is 11.7. The fraction of sp³-hybridized carbons (Fsp3) is 0.529. The molecule has 0 aliphatic heterocycles. The molecule has 0 atom stereocenters. The lowest BCUT2D eigenvalue weighted by molar-refractivity contribution is 0.0523. The van der Waals surface area contributed by atoms with E-state index in [1.54, 1.807) is 39.0 Å². The molecule has 3 N–H and O–H groups in total. The average Bonchev–Trinajstić information content (AvgIpc) is 2.48. The fourth-order valence-electron chi connectivity index (χ4n) is 1.81. The second kappa shape index (κ2) is 9.01. The molecule has 0 aliphatic rings. The molecule has 0 aliphatic carbocycles. The van der Waals surface area contributed by atoms with Crippen molar-refractivity contribution in [1.29, 1.82) is 5.26 Å². The maximum absolute atomic E-state index is 11.7. The quantitative estimate of drug-likeness (QED) is 0.753. The summed E-state index contributed by atoms with van der Waals surface area (Å²) >= 11 is 0. The van der Waals surface area contributed by atoms with Gasteiger partial charge in [0.05, 0.1) is 18.2 Å². The van der Waals surface area contributed by atoms with Gasteiger partial charge in [-0.1, -0.05) is 6.07 Å². The molecule has 0 aromatic heterocycles. The third-order valence-electron chi connectivity index (χ3n) is 2.87. The first-order valence-corrected chi connectivity index (χ1v) is 7.68. The van der Waals surface area contributed by atoms with Crippen LogP contribution in [-0.4, -0.2) is 24.8 Å². The number of nitriles is 1. The van der Waals surface area contributed by atoms with Gasteiger partial charge in [-0.25, -0.2) is 4.79 Å². The molecule has 0 fully saturated rings. The average molecular weight is 319 g/mol. The van der Waals surface area contributed by atoms with E-state index in [1.807, 2.05) is 0 Å². The molecular formula is C17H25N3O3. The Kier molecular flexibility index (Phi) is 7.36. The van der Waals surface area contributed by atoms with Crippen molar-refractivity contribution in [3.05, 3.63) is 29.3 Å². The zero-order valence-electron chi connectivity index (χ0n) is 14.0. The molecule has 0 spiro atoms. The Balaban J connectivity index is 2.69. The van der Waals surface area contributed by atoms with Crippen molar-refractivity contribution in [3.63, 3.8) is 0 Å². The van der Waals surface area contributed by atoms with Gasteiger partial charge < -0.3 is 20.5 Å². The molecule has 1 rings (SSSR count). The molecule has 6 heteroatoms. The molecule has 0 unspecified atom stereocenters. The molecule has 23 heavy (non-hydrogen) atoms. The Morgan fingerprint density at radius 3 is 2.70 bits per heavy atom. The number of carbonyl (C=O) groups is 1. The highest BCUT2D eigenvalue weighted by Crippen LogP contribution is 2.21. The van der Waals surface area contributed by atoms with Crippen molar-refractivity contribution in [1.82, 2.24) is 5.32 Å². The molecule has 1 amide bonds. The smallest absolute Gasteiger partial charge is 0.407 e. The van der Waals surface area contributed by atoms with E-state index in [-0.39, 0.29) is 6.54 Å². The van der Waals surface area contributed by atoms with Crippen LogP contribution < -0.4 is 15.8 Å². The SMILES string of the molecule is CC(C)(C)OC(=O)NCc1ccc(C#N)cc1OCCCCN. The zero-order chi connectivity index (χ0) is 17.3. The highest BCUT2D eigenvalue weighted by molar-refractivity contribution is 5.67. The van der Waals surface area contributed by atoms with Gasteiger partial charge in [0.1, 0.15) is 11.4 Å². The summed E-state index contributed by atoms with van der Waals surface area (Å²) in [5.74, 6) is 0.595. The minimum atomic E-state index is -0.545. The lowest BCUT2D eigenvalue weighted by atomic mass is 10.1. The summed E-state index contributed by atoms with van der Waals surface area (Å²) in [5, 5.41) is 11.7. The summed E-state index contributed by atoms with van der Waals surface area (Å²) in [6.07, 6.45) is 1.23. The number of alkyl carbamates (subject to hydrolysis) is 1. The molecule has 1 aromatic rings. The van der Waals surface area contributed by atoms with Gasteiger partial charge in [0.25, 0.3) is 0 Å². The molecule has 0 heterocycles. The molecule has 0 radical (unpaired) electrons. The van der Waals surface area contributed by atoms with Gasteiger partial charge in [0.15, 0.2) is 0 Å². The van der Waals surface area contributed by atoms with Crippen LogP contribution in [0.3, 0.4) is 0 Å². The molecular weight excluding hydrogens is 294 g/mol. The number of rotatable bonds is 7. The van der Waals surface area contributed by atoms with Gasteiger partial charge in [0.2, 0.25) is 0 Å². The normalized spacial score (nSPS) is 10.7. The van der Waals surface area contributed by atoms with E-state index < -0.39 is 11.7 Å². The Morgan fingerprint density at radius 2 is 2.09 bits per heavy atom. The topological polar surface area (TPSA) is 97.4 Å². The summed E-state index contributed by atoms with van der Waals surface area (Å²) in [5.41, 5.74) is 6.22. The molecule has 0 bridgehead atoms. The van der Waals surface area contributed by atoms with E-state index in [1.165, 1.54) is 0 Å². The van der Waals surface area contributed by atoms with E-state index >= 15 is 0 Å². The van der Waals surface area contributed by atoms with Crippen LogP contribution in [0.2, 0.25) is 0 Å². The van der Waals surface area contributed by atoms with E-state index in [2.05, 4.69) is 11.4 Å². The predicted octanol–water partition coefficient (Wildman–Crippen LogP) is 2.70. The first-order chi connectivity index (χ1) is 10.9. The van der Waals surface area contributed by atoms with Gasteiger partial charge in [-0.2, -0.15) is 5.26 Å². The Labute approximate surface area is 137 Å². The van der Waals surface area contributed by atoms with Crippen molar-refractivity contribution in [2.24, 2.45) is 5.73 Å². The van der Waals surface area contributed by atoms with Gasteiger partial charge in [-0.3, -0.25) is 0 Å². The standard InChI is InChI=1S/C17H25N3O3/c1-17(2,3)23-16(21)20-12-14-7-6-13(11-19)10-15(14)22-9-5-4-8-18/h6-7,10H,4-5,8-9,12,18H2,1-3H3,(H,20,21). The second-order valence-electron chi connectivity index (χ2n) is 6.13. The number of carbonyl (C=O) groups excluding carboxylic acids is 1. The van der Waals surface area contributed by atoms with E-state index in [9.17, 15) is 4.79 Å². The summed E-state index contributed by atoms with van der Waals surface area (Å²) in [6, 6.07) is 7.22. The molecule has 0 saturated heterocycles. The highest BCUT2D eigenvalue weighted by Gasteiger charge is 2.16. The van der Waals surface area contributed by atoms with Crippen molar-refractivity contribution >= 4 is 6.09 Å². The van der Waals surface area contributed by atoms with Crippen molar-refractivity contribution in [2.75, 3.05) is 13.2 Å². The predicted molar refractivity (Wildman–Crippen MR) is 88.0 cm³/mol. The summed E-state index contributed by atoms with van der Waals surface area (Å²) in [4.78, 5) is 11.7. The van der Waals surface area contributed by atoms with Crippen LogP contribution in [0.15, 0.2) is 18.2 Å². The minimum Gasteiger partial charge on any atom is -0.493 e. The van der Waals surface area contributed by atoms with Gasteiger partial charge >= 0.3 is 6.09 Å². The zero-order valence-corrected chi connectivity index (χ0v) is 14.0. The third-order valence-corrected chi connectivity index (χ3v) is 2.87. The number of amides is 1. The highest BCUT2D eigenvalue weighted by atomic mass is 16.6. The Hall–Kier alpha value is -2.26. The monoisotopic (exact) mass is 319 g/mol. The lowest BCUT2D eigenvalue weighted by Gasteiger charge is -2.20. The number of nitrogens with zero attached hydrogens (tertiary/aromatic N) is 1. The number of hydrogen-bond donors (Lipinski definition) is 2. The Morgan fingerprint density at radius 1 is 1.35 bits per heavy atom. The first-order valence-electron chi connectivity index (χ1n) is 7.68. The second-order valence-corrected chi connectivity index (χ2v) is 6.13. The number of unbranched alkanes of at least 4 members (excludes halogenated alkanes) is 1. The largest absolute Gasteiger partial charge is 0.493 e. The van der Waals surface area contributed by atoms with Crippen LogP contribution >= 0.6 is 0 Å². The molecule has 126 valence electrons. The maximum Gasteiger partial charge on any atom is 0.407 e. The van der Waals surface area contributed by atoms with E-state index in [0.29, 0.717) is 24.5 Å². The van der Waals surface area contributed by atoms with Crippen LogP contribution in [0.5, 0.6) is 5.75 Å². The Bertz CT molecular complexity index is 559. The van der Waals surface area contributed by atoms with E-state index in [0.717, 1.165) is 18.4 Å². The van der Waals surface area contributed by atoms with Crippen molar-refractivity contribution < 1.29 is 14.3 Å². The lowest BCUT2D eigenvalue weighted by Crippen LogP contribution is -2.32. The molecule has 0 saturated carbocycles. The fourth-order valence-corrected chi connectivity index (χ4v) is 1.81. The van der Waals surface area contributed by atoms with Crippen LogP contribution in [0, 0.1) is 11.3 Å². The van der Waals surface area contributed by atoms with Crippen molar-refractivity contribution in [3.8, 4) is 11.8 Å². The van der Waals surface area contributed by atoms with Gasteiger partial charge in [0, 0.05) is 12.1 Å². The number of ether oxygens (including phenoxy) is 2. The van der Waals surface area contributed by atoms with Crippen LogP contribution in [0.25, 0.3) is 0 Å². The third kappa shape index (κ3) is 7.52. The number of benzene rings is 1. The summed E-state index contributed by atoms with van der Waals surface area (Å²) in [6.45, 7) is 6.83. The van der Waals surface area contributed by atoms with Crippen molar-refractivity contribution in [2.45, 2.75) is 45.8 Å². The minimum absolute atomic E-state index is 0.271. The first kappa shape index (κ1) is 18.8. The number of nitrogens with one attached hydrogen (secondary N) is 1. The van der Waals surface area contributed by atoms with Crippen LogP contribution in [-0.2, 0) is 11.3 Å². The van der Waals surface area contributed by atoms with Crippen LogP contribution in [0.1, 0.15) is 44.7 Å². The number of nitrogens with two attached hydrogens (primary N) is 1. The molecule has 6 nitrogen and oxygen atoms in total. The number of hydrogen-bond acceptors (Lipinski definition) is 5. The van der Waals surface area contributed by atoms with Gasteiger partial charge in [-0.05, 0) is 52.3 Å². The van der Waals surface area contributed by atoms with E-state index in [4.69, 9.17) is 20.5 Å². The van der Waals surface area contributed by atoms with Crippen LogP contribution in [0.4, 0.5) is 4.79 Å². The summed E-state index contributed by atoms with van der Waals surface area (Å²) in [7, 11) is 0. The summed E-state index contributed by atoms with van der Waals surface area (Å²) < 4.78 is 10.9. The van der Waals surface area contributed by atoms with Gasteiger partial charge in [-0.15, -0.1) is 0 Å². The molecule has 1 aromatic carbocycles.